The first kappa shape index (κ1) is 25.2. The predicted molar refractivity (Wildman–Crippen MR) is 143 cm³/mol. The van der Waals surface area contributed by atoms with Gasteiger partial charge < -0.3 is 4.74 Å². The number of carbonyl (C=O) groups is 3. The van der Waals surface area contributed by atoms with E-state index in [2.05, 4.69) is 0 Å². The van der Waals surface area contributed by atoms with Crippen molar-refractivity contribution in [2.45, 2.75) is 44.8 Å². The van der Waals surface area contributed by atoms with Crippen molar-refractivity contribution in [1.82, 2.24) is 0 Å². The summed E-state index contributed by atoms with van der Waals surface area (Å²) in [6, 6.07) is 14.2. The number of non-ortho nitro benzene ring substituents is 1. The number of hydrogen-bond acceptors (Lipinski definition) is 9. The van der Waals surface area contributed by atoms with Gasteiger partial charge in [0, 0.05) is 17.0 Å². The van der Waals surface area contributed by atoms with Crippen molar-refractivity contribution in [3.05, 3.63) is 86.3 Å². The number of nitrogens with zero attached hydrogens (tertiary/aromatic N) is 3. The maximum Gasteiger partial charge on any atom is 0.341 e. The van der Waals surface area contributed by atoms with Gasteiger partial charge in [0.05, 0.1) is 28.8 Å². The van der Waals surface area contributed by atoms with E-state index in [1.54, 1.807) is 43.3 Å². The number of anilines is 2. The summed E-state index contributed by atoms with van der Waals surface area (Å²) in [7, 11) is 0. The zero-order valence-corrected chi connectivity index (χ0v) is 21.9. The SMILES string of the molecule is CCOC(=O)c1c(N2C(=O)C3ON(c4ccccc4)C(c4cccc([N+](=O)[O-])c4)C3C2=O)sc2c1CCCC2. The van der Waals surface area contributed by atoms with Gasteiger partial charge in [-0.05, 0) is 55.9 Å². The number of amides is 2. The number of ether oxygens (including phenoxy) is 1. The average Bonchev–Trinajstić information content (AvgIpc) is 3.59. The van der Waals surface area contributed by atoms with Crippen molar-refractivity contribution < 1.29 is 28.9 Å². The number of fused-ring (bicyclic) bond motifs is 2. The number of rotatable bonds is 6. The number of nitro groups is 1. The first-order chi connectivity index (χ1) is 18.9. The number of carbonyl (C=O) groups excluding carboxylic acids is 3. The maximum absolute atomic E-state index is 14.1. The van der Waals surface area contributed by atoms with Crippen LogP contribution in [0.4, 0.5) is 16.4 Å². The lowest BCUT2D eigenvalue weighted by molar-refractivity contribution is -0.384. The Hall–Kier alpha value is -4.09. The van der Waals surface area contributed by atoms with Gasteiger partial charge in [-0.2, -0.15) is 0 Å². The quantitative estimate of drug-likeness (QED) is 0.188. The summed E-state index contributed by atoms with van der Waals surface area (Å²) < 4.78 is 5.33. The van der Waals surface area contributed by atoms with Crippen LogP contribution in [-0.2, 0) is 32.0 Å². The van der Waals surface area contributed by atoms with Crippen LogP contribution in [0, 0.1) is 16.0 Å². The van der Waals surface area contributed by atoms with E-state index in [4.69, 9.17) is 9.57 Å². The fourth-order valence-electron chi connectivity index (χ4n) is 5.70. The second-order valence-corrected chi connectivity index (χ2v) is 10.7. The molecule has 2 amide bonds. The Morgan fingerprint density at radius 1 is 1.10 bits per heavy atom. The molecule has 0 radical (unpaired) electrons. The molecule has 2 saturated heterocycles. The van der Waals surface area contributed by atoms with Gasteiger partial charge >= 0.3 is 5.97 Å². The number of nitro benzene ring substituents is 1. The van der Waals surface area contributed by atoms with Crippen LogP contribution in [-0.4, -0.2) is 35.4 Å². The smallest absolute Gasteiger partial charge is 0.341 e. The molecule has 1 aliphatic carbocycles. The molecular weight excluding hydrogens is 522 g/mol. The van der Waals surface area contributed by atoms with Crippen LogP contribution in [0.3, 0.4) is 0 Å². The highest BCUT2D eigenvalue weighted by molar-refractivity contribution is 7.17. The van der Waals surface area contributed by atoms with E-state index in [0.717, 1.165) is 34.6 Å². The van der Waals surface area contributed by atoms with Gasteiger partial charge in [0.1, 0.15) is 10.9 Å². The van der Waals surface area contributed by atoms with Crippen LogP contribution in [0.5, 0.6) is 0 Å². The van der Waals surface area contributed by atoms with Crippen molar-refractivity contribution >= 4 is 45.5 Å². The van der Waals surface area contributed by atoms with Crippen molar-refractivity contribution in [2.24, 2.45) is 5.92 Å². The molecule has 39 heavy (non-hydrogen) atoms. The van der Waals surface area contributed by atoms with Crippen molar-refractivity contribution in [1.29, 1.82) is 0 Å². The van der Waals surface area contributed by atoms with E-state index in [-0.39, 0.29) is 22.9 Å². The summed E-state index contributed by atoms with van der Waals surface area (Å²) in [5, 5.41) is 13.3. The van der Waals surface area contributed by atoms with Gasteiger partial charge in [0.15, 0.2) is 6.10 Å². The number of para-hydroxylation sites is 1. The lowest BCUT2D eigenvalue weighted by Gasteiger charge is -2.28. The first-order valence-electron chi connectivity index (χ1n) is 12.9. The Morgan fingerprint density at radius 2 is 1.87 bits per heavy atom. The largest absolute Gasteiger partial charge is 0.462 e. The Bertz CT molecular complexity index is 1490. The Balaban J connectivity index is 1.45. The number of thiophene rings is 1. The number of esters is 1. The molecule has 2 aromatic carbocycles. The Morgan fingerprint density at radius 3 is 2.62 bits per heavy atom. The maximum atomic E-state index is 14.1. The molecular formula is C28H25N3O7S. The van der Waals surface area contributed by atoms with Gasteiger partial charge in [0.2, 0.25) is 5.91 Å². The summed E-state index contributed by atoms with van der Waals surface area (Å²) in [4.78, 5) is 60.4. The minimum atomic E-state index is -1.16. The molecule has 11 heteroatoms. The van der Waals surface area contributed by atoms with E-state index in [9.17, 15) is 24.5 Å². The minimum Gasteiger partial charge on any atom is -0.462 e. The van der Waals surface area contributed by atoms with Crippen LogP contribution >= 0.6 is 11.3 Å². The number of imide groups is 1. The molecule has 10 nitrogen and oxygen atoms in total. The molecule has 0 saturated carbocycles. The van der Waals surface area contributed by atoms with Crippen LogP contribution in [0.2, 0.25) is 0 Å². The lowest BCUT2D eigenvalue weighted by Crippen LogP contribution is -2.37. The van der Waals surface area contributed by atoms with Crippen LogP contribution in [0.15, 0.2) is 54.6 Å². The summed E-state index contributed by atoms with van der Waals surface area (Å²) in [5.74, 6) is -2.60. The molecule has 2 aliphatic heterocycles. The van der Waals surface area contributed by atoms with Gasteiger partial charge in [-0.3, -0.25) is 24.5 Å². The molecule has 0 bridgehead atoms. The topological polar surface area (TPSA) is 119 Å². The summed E-state index contributed by atoms with van der Waals surface area (Å²) in [6.07, 6.45) is 2.16. The van der Waals surface area contributed by atoms with E-state index in [1.165, 1.54) is 28.5 Å². The highest BCUT2D eigenvalue weighted by Gasteiger charge is 2.61. The van der Waals surface area contributed by atoms with E-state index < -0.39 is 40.8 Å². The first-order valence-corrected chi connectivity index (χ1v) is 13.7. The number of hydrogen-bond donors (Lipinski definition) is 0. The highest BCUT2D eigenvalue weighted by Crippen LogP contribution is 2.50. The summed E-state index contributed by atoms with van der Waals surface area (Å²) >= 11 is 1.29. The van der Waals surface area contributed by atoms with Gasteiger partial charge in [-0.25, -0.2) is 14.8 Å². The third-order valence-electron chi connectivity index (χ3n) is 7.38. The van der Waals surface area contributed by atoms with Crippen LogP contribution in [0.25, 0.3) is 0 Å². The van der Waals surface area contributed by atoms with Gasteiger partial charge in [0.25, 0.3) is 11.6 Å². The summed E-state index contributed by atoms with van der Waals surface area (Å²) in [5.41, 5.74) is 2.08. The molecule has 1 aromatic heterocycles. The molecule has 3 unspecified atom stereocenters. The fourth-order valence-corrected chi connectivity index (χ4v) is 7.08. The molecule has 200 valence electrons. The lowest BCUT2D eigenvalue weighted by atomic mass is 9.90. The van der Waals surface area contributed by atoms with Gasteiger partial charge in [-0.15, -0.1) is 11.3 Å². The molecule has 3 atom stereocenters. The van der Waals surface area contributed by atoms with E-state index in [0.29, 0.717) is 17.7 Å². The highest BCUT2D eigenvalue weighted by atomic mass is 32.1. The molecule has 0 N–H and O–H groups in total. The zero-order chi connectivity index (χ0) is 27.3. The Labute approximate surface area is 227 Å². The van der Waals surface area contributed by atoms with Crippen LogP contribution in [0.1, 0.15) is 52.2 Å². The third-order valence-corrected chi connectivity index (χ3v) is 8.66. The zero-order valence-electron chi connectivity index (χ0n) is 21.1. The van der Waals surface area contributed by atoms with Crippen molar-refractivity contribution in [3.63, 3.8) is 0 Å². The summed E-state index contributed by atoms with van der Waals surface area (Å²) in [6.45, 7) is 1.88. The average molecular weight is 548 g/mol. The third kappa shape index (κ3) is 4.09. The number of benzene rings is 2. The van der Waals surface area contributed by atoms with Crippen LogP contribution < -0.4 is 9.96 Å². The normalized spacial score (nSPS) is 22.1. The van der Waals surface area contributed by atoms with E-state index in [1.807, 2.05) is 6.07 Å². The fraction of sp³-hybridized carbons (Fsp3) is 0.321. The van der Waals surface area contributed by atoms with E-state index >= 15 is 0 Å². The molecule has 3 heterocycles. The monoisotopic (exact) mass is 547 g/mol. The van der Waals surface area contributed by atoms with Crippen molar-refractivity contribution in [3.8, 4) is 0 Å². The minimum absolute atomic E-state index is 0.131. The molecule has 3 aliphatic rings. The number of hydroxylamine groups is 1. The number of aryl methyl sites for hydroxylation is 1. The predicted octanol–water partition coefficient (Wildman–Crippen LogP) is 4.76. The molecule has 3 aromatic rings. The second-order valence-electron chi connectivity index (χ2n) is 9.63. The second kappa shape index (κ2) is 9.90. The Kier molecular flexibility index (Phi) is 6.40. The molecule has 0 spiro atoms. The molecule has 6 rings (SSSR count). The standard InChI is InChI=1S/C28H25N3O7S/c1-2-37-28(34)21-19-13-6-7-14-20(19)39-27(21)29-25(32)22-23(16-9-8-12-18(15-16)31(35)36)30(38-24(22)26(29)33)17-10-4-3-5-11-17/h3-5,8-12,15,22-24H,2,6-7,13-14H2,1H3. The van der Waals surface area contributed by atoms with Gasteiger partial charge in [-0.1, -0.05) is 30.3 Å². The van der Waals surface area contributed by atoms with Crippen molar-refractivity contribution in [2.75, 3.05) is 16.6 Å². The molecule has 2 fully saturated rings.